The molecule has 20 heavy (non-hydrogen) atoms. The summed E-state index contributed by atoms with van der Waals surface area (Å²) >= 11 is 12.2. The van der Waals surface area contributed by atoms with E-state index in [1.165, 1.54) is 11.1 Å². The van der Waals surface area contributed by atoms with Gasteiger partial charge in [-0.05, 0) is 42.9 Å². The van der Waals surface area contributed by atoms with Crippen LogP contribution in [0.15, 0.2) is 42.5 Å². The highest BCUT2D eigenvalue weighted by Gasteiger charge is 2.13. The quantitative estimate of drug-likeness (QED) is 0.849. The Balaban J connectivity index is 2.09. The number of aryl methyl sites for hydroxylation is 1. The predicted molar refractivity (Wildman–Crippen MR) is 85.6 cm³/mol. The van der Waals surface area contributed by atoms with Gasteiger partial charge in [-0.2, -0.15) is 0 Å². The molecular weight excluding hydrogens is 291 g/mol. The molecule has 0 aliphatic carbocycles. The topological polar surface area (TPSA) is 20.2 Å². The summed E-state index contributed by atoms with van der Waals surface area (Å²) in [6, 6.07) is 14.0. The molecule has 0 heterocycles. The van der Waals surface area contributed by atoms with Crippen LogP contribution < -0.4 is 0 Å². The van der Waals surface area contributed by atoms with Crippen LogP contribution in [0.1, 0.15) is 16.7 Å². The minimum atomic E-state index is 0.136. The fourth-order valence-electron chi connectivity index (χ4n) is 2.28. The van der Waals surface area contributed by atoms with Crippen molar-refractivity contribution in [1.29, 1.82) is 0 Å². The molecular formula is C17H18Cl2O. The third kappa shape index (κ3) is 3.99. The van der Waals surface area contributed by atoms with Crippen LogP contribution in [0.5, 0.6) is 0 Å². The van der Waals surface area contributed by atoms with Crippen molar-refractivity contribution in [1.82, 2.24) is 0 Å². The van der Waals surface area contributed by atoms with Crippen LogP contribution in [0.2, 0.25) is 10.0 Å². The van der Waals surface area contributed by atoms with Crippen molar-refractivity contribution in [2.45, 2.75) is 19.8 Å². The van der Waals surface area contributed by atoms with Gasteiger partial charge in [-0.1, -0.05) is 65.2 Å². The molecule has 0 fully saturated rings. The summed E-state index contributed by atoms with van der Waals surface area (Å²) in [6.45, 7) is 2.20. The van der Waals surface area contributed by atoms with E-state index in [-0.39, 0.29) is 12.5 Å². The molecule has 1 unspecified atom stereocenters. The van der Waals surface area contributed by atoms with Gasteiger partial charge in [0.05, 0.1) is 10.0 Å². The predicted octanol–water partition coefficient (Wildman–Crippen LogP) is 4.70. The maximum atomic E-state index is 9.59. The molecule has 106 valence electrons. The lowest BCUT2D eigenvalue weighted by atomic mass is 9.93. The molecule has 0 aromatic heterocycles. The third-order valence-corrected chi connectivity index (χ3v) is 4.30. The second-order valence-electron chi connectivity index (χ2n) is 5.16. The Kier molecular flexibility index (Phi) is 5.47. The maximum absolute atomic E-state index is 9.59. The summed E-state index contributed by atoms with van der Waals surface area (Å²) in [5.74, 6) is 0.147. The largest absolute Gasteiger partial charge is 0.396 e. The average molecular weight is 309 g/mol. The third-order valence-electron chi connectivity index (χ3n) is 3.44. The molecule has 2 aromatic carbocycles. The molecule has 0 saturated heterocycles. The van der Waals surface area contributed by atoms with E-state index in [4.69, 9.17) is 23.2 Å². The Morgan fingerprint density at radius 3 is 2.35 bits per heavy atom. The maximum Gasteiger partial charge on any atom is 0.0624 e. The molecule has 1 N–H and O–H groups in total. The minimum absolute atomic E-state index is 0.136. The van der Waals surface area contributed by atoms with Gasteiger partial charge in [0.2, 0.25) is 0 Å². The Hall–Kier alpha value is -1.02. The summed E-state index contributed by atoms with van der Waals surface area (Å²) in [7, 11) is 0. The lowest BCUT2D eigenvalue weighted by Crippen LogP contribution is -2.13. The second kappa shape index (κ2) is 7.12. The smallest absolute Gasteiger partial charge is 0.0624 e. The van der Waals surface area contributed by atoms with Crippen molar-refractivity contribution in [3.63, 3.8) is 0 Å². The van der Waals surface area contributed by atoms with Gasteiger partial charge in [0.1, 0.15) is 0 Å². The van der Waals surface area contributed by atoms with Gasteiger partial charge in [-0.25, -0.2) is 0 Å². The summed E-state index contributed by atoms with van der Waals surface area (Å²) in [5.41, 5.74) is 3.46. The van der Waals surface area contributed by atoms with E-state index in [0.29, 0.717) is 10.0 Å². The van der Waals surface area contributed by atoms with E-state index >= 15 is 0 Å². The second-order valence-corrected chi connectivity index (χ2v) is 5.94. The van der Waals surface area contributed by atoms with Crippen LogP contribution in [0.25, 0.3) is 0 Å². The number of benzene rings is 2. The van der Waals surface area contributed by atoms with Gasteiger partial charge < -0.3 is 5.11 Å². The molecule has 0 bridgehead atoms. The van der Waals surface area contributed by atoms with Gasteiger partial charge in [-0.3, -0.25) is 0 Å². The van der Waals surface area contributed by atoms with E-state index in [1.54, 1.807) is 6.07 Å². The zero-order valence-electron chi connectivity index (χ0n) is 11.4. The van der Waals surface area contributed by atoms with E-state index in [2.05, 4.69) is 31.2 Å². The highest BCUT2D eigenvalue weighted by atomic mass is 35.5. The van der Waals surface area contributed by atoms with E-state index in [1.807, 2.05) is 12.1 Å². The molecule has 0 aliphatic heterocycles. The molecule has 0 spiro atoms. The highest BCUT2D eigenvalue weighted by Crippen LogP contribution is 2.28. The van der Waals surface area contributed by atoms with Gasteiger partial charge in [-0.15, -0.1) is 0 Å². The van der Waals surface area contributed by atoms with Crippen LogP contribution in [0.4, 0.5) is 0 Å². The average Bonchev–Trinajstić information content (AvgIpc) is 2.45. The molecule has 0 saturated carbocycles. The molecule has 0 amide bonds. The number of rotatable bonds is 5. The molecule has 2 rings (SSSR count). The van der Waals surface area contributed by atoms with Crippen molar-refractivity contribution in [3.8, 4) is 0 Å². The monoisotopic (exact) mass is 308 g/mol. The van der Waals surface area contributed by atoms with Gasteiger partial charge in [0.15, 0.2) is 0 Å². The van der Waals surface area contributed by atoms with E-state index < -0.39 is 0 Å². The van der Waals surface area contributed by atoms with Crippen LogP contribution in [-0.4, -0.2) is 11.7 Å². The number of aliphatic hydroxyl groups is 1. The number of hydrogen-bond acceptors (Lipinski definition) is 1. The fraction of sp³-hybridized carbons (Fsp3) is 0.294. The van der Waals surface area contributed by atoms with Crippen LogP contribution in [0.3, 0.4) is 0 Å². The molecule has 1 nitrogen and oxygen atoms in total. The Bertz CT molecular complexity index is 564. The van der Waals surface area contributed by atoms with E-state index in [0.717, 1.165) is 18.4 Å². The summed E-state index contributed by atoms with van der Waals surface area (Å²) < 4.78 is 0. The Labute approximate surface area is 130 Å². The van der Waals surface area contributed by atoms with Gasteiger partial charge in [0, 0.05) is 6.61 Å². The van der Waals surface area contributed by atoms with Crippen molar-refractivity contribution < 1.29 is 5.11 Å². The number of halogens is 2. The first-order chi connectivity index (χ1) is 9.60. The SMILES string of the molecule is Cc1ccc(CC(CO)Cc2cccc(Cl)c2Cl)cc1. The Morgan fingerprint density at radius 2 is 1.70 bits per heavy atom. The summed E-state index contributed by atoms with van der Waals surface area (Å²) in [6.07, 6.45) is 1.56. The van der Waals surface area contributed by atoms with Crippen LogP contribution >= 0.6 is 23.2 Å². The minimum Gasteiger partial charge on any atom is -0.396 e. The number of aliphatic hydroxyl groups excluding tert-OH is 1. The van der Waals surface area contributed by atoms with Gasteiger partial charge >= 0.3 is 0 Å². The van der Waals surface area contributed by atoms with Crippen LogP contribution in [0, 0.1) is 12.8 Å². The summed E-state index contributed by atoms with van der Waals surface area (Å²) in [4.78, 5) is 0. The first-order valence-corrected chi connectivity index (χ1v) is 7.45. The molecule has 0 radical (unpaired) electrons. The Morgan fingerprint density at radius 1 is 1.00 bits per heavy atom. The first kappa shape index (κ1) is 15.4. The highest BCUT2D eigenvalue weighted by molar-refractivity contribution is 6.42. The van der Waals surface area contributed by atoms with Crippen molar-refractivity contribution in [2.24, 2.45) is 5.92 Å². The van der Waals surface area contributed by atoms with E-state index in [9.17, 15) is 5.11 Å². The normalized spacial score (nSPS) is 12.4. The molecule has 2 aromatic rings. The number of hydrogen-bond donors (Lipinski definition) is 1. The zero-order valence-corrected chi connectivity index (χ0v) is 13.0. The lowest BCUT2D eigenvalue weighted by Gasteiger charge is -2.16. The standard InChI is InChI=1S/C17H18Cl2O/c1-12-5-7-13(8-6-12)9-14(11-20)10-15-3-2-4-16(18)17(15)19/h2-8,14,20H,9-11H2,1H3. The first-order valence-electron chi connectivity index (χ1n) is 6.69. The fourth-order valence-corrected chi connectivity index (χ4v) is 2.67. The van der Waals surface area contributed by atoms with Crippen LogP contribution in [-0.2, 0) is 12.8 Å². The molecule has 0 aliphatic rings. The summed E-state index contributed by atoms with van der Waals surface area (Å²) in [5, 5.41) is 10.7. The zero-order chi connectivity index (χ0) is 14.5. The van der Waals surface area contributed by atoms with Crippen molar-refractivity contribution >= 4 is 23.2 Å². The van der Waals surface area contributed by atoms with Crippen molar-refractivity contribution in [3.05, 3.63) is 69.2 Å². The molecule has 3 heteroatoms. The lowest BCUT2D eigenvalue weighted by molar-refractivity contribution is 0.225. The molecule has 1 atom stereocenters. The van der Waals surface area contributed by atoms with Crippen molar-refractivity contribution in [2.75, 3.05) is 6.61 Å². The van der Waals surface area contributed by atoms with Gasteiger partial charge in [0.25, 0.3) is 0 Å².